The predicted molar refractivity (Wildman–Crippen MR) is 71.7 cm³/mol. The van der Waals surface area contributed by atoms with Crippen molar-refractivity contribution in [1.82, 2.24) is 0 Å². The van der Waals surface area contributed by atoms with E-state index in [1.165, 1.54) is 0 Å². The Labute approximate surface area is 110 Å². The first-order chi connectivity index (χ1) is 8.43. The molecule has 0 heterocycles. The van der Waals surface area contributed by atoms with E-state index in [4.69, 9.17) is 23.1 Å². The van der Waals surface area contributed by atoms with Crippen molar-refractivity contribution in [1.29, 1.82) is 0 Å². The van der Waals surface area contributed by atoms with Crippen LogP contribution < -0.4 is 11.5 Å². The second-order valence-corrected chi connectivity index (χ2v) is 4.47. The van der Waals surface area contributed by atoms with Gasteiger partial charge in [-0.25, -0.2) is 4.99 Å². The van der Waals surface area contributed by atoms with Gasteiger partial charge >= 0.3 is 5.97 Å². The van der Waals surface area contributed by atoms with Crippen LogP contribution in [0.3, 0.4) is 0 Å². The first-order valence-corrected chi connectivity index (χ1v) is 5.87. The van der Waals surface area contributed by atoms with Gasteiger partial charge in [0.1, 0.15) is 5.92 Å². The Balaban J connectivity index is 3.00. The number of rotatable bonds is 5. The third-order valence-corrected chi connectivity index (χ3v) is 3.17. The lowest BCUT2D eigenvalue weighted by molar-refractivity contribution is -0.138. The maximum absolute atomic E-state index is 11.3. The molecular weight excluding hydrogens is 254 g/mol. The van der Waals surface area contributed by atoms with E-state index >= 15 is 0 Å². The summed E-state index contributed by atoms with van der Waals surface area (Å²) in [5.41, 5.74) is 11.2. The molecular formula is C12H16ClN3O2. The monoisotopic (exact) mass is 269 g/mol. The Morgan fingerprint density at radius 3 is 2.33 bits per heavy atom. The van der Waals surface area contributed by atoms with Crippen LogP contribution in [0.5, 0.6) is 0 Å². The molecule has 5 N–H and O–H groups in total. The summed E-state index contributed by atoms with van der Waals surface area (Å²) in [5, 5.41) is 8.56. The minimum Gasteiger partial charge on any atom is -0.481 e. The van der Waals surface area contributed by atoms with Crippen molar-refractivity contribution >= 4 is 23.5 Å². The van der Waals surface area contributed by atoms with Gasteiger partial charge in [0.2, 0.25) is 0 Å². The van der Waals surface area contributed by atoms with Crippen molar-refractivity contribution in [2.24, 2.45) is 16.5 Å². The van der Waals surface area contributed by atoms with Gasteiger partial charge in [0, 0.05) is 0 Å². The fourth-order valence-electron chi connectivity index (χ4n) is 1.71. The standard InChI is InChI=1S/C12H16ClN3O2/c1-7(16-12(14)15)10(13)9(11(17)18)8-5-3-2-4-6-8/h2-7,9-10H,1H3,(H,17,18)(H4,14,15,16). The smallest absolute Gasteiger partial charge is 0.312 e. The number of hydrogen-bond acceptors (Lipinski definition) is 2. The van der Waals surface area contributed by atoms with Gasteiger partial charge in [0.15, 0.2) is 5.96 Å². The molecule has 1 aromatic rings. The van der Waals surface area contributed by atoms with Crippen LogP contribution in [0.1, 0.15) is 18.4 Å². The molecule has 0 fully saturated rings. The Kier molecular flexibility index (Phi) is 4.97. The zero-order valence-electron chi connectivity index (χ0n) is 9.95. The molecule has 0 amide bonds. The third-order valence-electron chi connectivity index (χ3n) is 2.56. The van der Waals surface area contributed by atoms with E-state index in [-0.39, 0.29) is 5.96 Å². The number of aliphatic imine (C=N–C) groups is 1. The second kappa shape index (κ2) is 6.26. The molecule has 0 bridgehead atoms. The van der Waals surface area contributed by atoms with E-state index in [0.717, 1.165) is 0 Å². The topological polar surface area (TPSA) is 102 Å². The Bertz CT molecular complexity index is 432. The SMILES string of the molecule is CC(N=C(N)N)C(Cl)C(C(=O)O)c1ccccc1. The minimum atomic E-state index is -1.00. The molecule has 98 valence electrons. The number of carbonyl (C=O) groups is 1. The quantitative estimate of drug-likeness (QED) is 0.423. The summed E-state index contributed by atoms with van der Waals surface area (Å²) < 4.78 is 0. The first-order valence-electron chi connectivity index (χ1n) is 5.44. The lowest BCUT2D eigenvalue weighted by atomic mass is 9.92. The average Bonchev–Trinajstić information content (AvgIpc) is 2.29. The summed E-state index contributed by atoms with van der Waals surface area (Å²) in [6.07, 6.45) is 0. The fraction of sp³-hybridized carbons (Fsp3) is 0.333. The van der Waals surface area contributed by atoms with Crippen LogP contribution in [0.2, 0.25) is 0 Å². The Morgan fingerprint density at radius 2 is 1.89 bits per heavy atom. The maximum Gasteiger partial charge on any atom is 0.312 e. The summed E-state index contributed by atoms with van der Waals surface area (Å²) in [5.74, 6) is -1.96. The minimum absolute atomic E-state index is 0.106. The molecule has 0 aliphatic rings. The highest BCUT2D eigenvalue weighted by atomic mass is 35.5. The van der Waals surface area contributed by atoms with Crippen molar-refractivity contribution in [3.05, 3.63) is 35.9 Å². The van der Waals surface area contributed by atoms with E-state index in [1.54, 1.807) is 31.2 Å². The highest BCUT2D eigenvalue weighted by Crippen LogP contribution is 2.27. The number of nitrogens with zero attached hydrogens (tertiary/aromatic N) is 1. The van der Waals surface area contributed by atoms with E-state index in [1.807, 2.05) is 6.07 Å². The van der Waals surface area contributed by atoms with Crippen molar-refractivity contribution in [2.75, 3.05) is 0 Å². The van der Waals surface area contributed by atoms with E-state index in [2.05, 4.69) is 4.99 Å². The summed E-state index contributed by atoms with van der Waals surface area (Å²) in [4.78, 5) is 15.2. The zero-order chi connectivity index (χ0) is 13.7. The number of carboxylic acids is 1. The lowest BCUT2D eigenvalue weighted by Crippen LogP contribution is -2.33. The second-order valence-electron chi connectivity index (χ2n) is 3.97. The van der Waals surface area contributed by atoms with Crippen LogP contribution in [0, 0.1) is 0 Å². The Hall–Kier alpha value is -1.75. The number of aliphatic carboxylic acids is 1. The van der Waals surface area contributed by atoms with Crippen molar-refractivity contribution in [2.45, 2.75) is 24.3 Å². The molecule has 0 aromatic heterocycles. The molecule has 3 atom stereocenters. The van der Waals surface area contributed by atoms with Gasteiger partial charge in [0.25, 0.3) is 0 Å². The van der Waals surface area contributed by atoms with E-state index < -0.39 is 23.3 Å². The van der Waals surface area contributed by atoms with Gasteiger partial charge in [-0.15, -0.1) is 11.6 Å². The van der Waals surface area contributed by atoms with E-state index in [0.29, 0.717) is 5.56 Å². The third kappa shape index (κ3) is 3.63. The highest BCUT2D eigenvalue weighted by molar-refractivity contribution is 6.23. The van der Waals surface area contributed by atoms with Gasteiger partial charge in [-0.2, -0.15) is 0 Å². The van der Waals surface area contributed by atoms with Crippen LogP contribution in [-0.4, -0.2) is 28.5 Å². The molecule has 3 unspecified atom stereocenters. The number of benzene rings is 1. The van der Waals surface area contributed by atoms with Crippen molar-refractivity contribution in [3.63, 3.8) is 0 Å². The number of alkyl halides is 1. The normalized spacial score (nSPS) is 15.4. The summed E-state index contributed by atoms with van der Waals surface area (Å²) >= 11 is 6.17. The summed E-state index contributed by atoms with van der Waals surface area (Å²) in [7, 11) is 0. The van der Waals surface area contributed by atoms with Gasteiger partial charge in [-0.05, 0) is 12.5 Å². The first kappa shape index (κ1) is 14.3. The summed E-state index contributed by atoms with van der Waals surface area (Å²) in [6.45, 7) is 1.68. The molecule has 0 saturated carbocycles. The van der Waals surface area contributed by atoms with Crippen LogP contribution in [0.15, 0.2) is 35.3 Å². The molecule has 1 rings (SSSR count). The Morgan fingerprint density at radius 1 is 1.33 bits per heavy atom. The van der Waals surface area contributed by atoms with Gasteiger partial charge in [0.05, 0.1) is 11.4 Å². The molecule has 0 aliphatic carbocycles. The molecule has 18 heavy (non-hydrogen) atoms. The lowest BCUT2D eigenvalue weighted by Gasteiger charge is -2.22. The molecule has 0 spiro atoms. The summed E-state index contributed by atoms with van der Waals surface area (Å²) in [6, 6.07) is 8.29. The van der Waals surface area contributed by atoms with Crippen molar-refractivity contribution < 1.29 is 9.90 Å². The largest absolute Gasteiger partial charge is 0.481 e. The highest BCUT2D eigenvalue weighted by Gasteiger charge is 2.32. The van der Waals surface area contributed by atoms with Crippen molar-refractivity contribution in [3.8, 4) is 0 Å². The number of nitrogens with two attached hydrogens (primary N) is 2. The number of hydrogen-bond donors (Lipinski definition) is 3. The fourth-order valence-corrected chi connectivity index (χ4v) is 2.02. The van der Waals surface area contributed by atoms with Gasteiger partial charge in [-0.1, -0.05) is 30.3 Å². The average molecular weight is 270 g/mol. The predicted octanol–water partition coefficient (Wildman–Crippen LogP) is 1.12. The number of halogens is 1. The molecule has 0 aliphatic heterocycles. The number of carboxylic acid groups (broad SMARTS) is 1. The van der Waals surface area contributed by atoms with Crippen LogP contribution in [0.25, 0.3) is 0 Å². The maximum atomic E-state index is 11.3. The van der Waals surface area contributed by atoms with Crippen LogP contribution >= 0.6 is 11.6 Å². The molecule has 1 aromatic carbocycles. The van der Waals surface area contributed by atoms with Crippen LogP contribution in [0.4, 0.5) is 0 Å². The van der Waals surface area contributed by atoms with Gasteiger partial charge in [-0.3, -0.25) is 4.79 Å². The van der Waals surface area contributed by atoms with Crippen LogP contribution in [-0.2, 0) is 4.79 Å². The van der Waals surface area contributed by atoms with Gasteiger partial charge < -0.3 is 16.6 Å². The molecule has 6 heteroatoms. The molecule has 0 saturated heterocycles. The van der Waals surface area contributed by atoms with E-state index in [9.17, 15) is 9.90 Å². The number of guanidine groups is 1. The molecule has 5 nitrogen and oxygen atoms in total. The molecule has 0 radical (unpaired) electrons. The zero-order valence-corrected chi connectivity index (χ0v) is 10.7.